The van der Waals surface area contributed by atoms with Crippen LogP contribution < -0.4 is 4.74 Å². The van der Waals surface area contributed by atoms with Crippen molar-refractivity contribution in [3.05, 3.63) is 29.3 Å². The molecule has 2 rings (SSSR count). The van der Waals surface area contributed by atoms with Crippen LogP contribution in [0.25, 0.3) is 0 Å². The first-order valence-corrected chi connectivity index (χ1v) is 6.80. The van der Waals surface area contributed by atoms with E-state index >= 15 is 0 Å². The first-order chi connectivity index (χ1) is 9.92. The molecule has 0 aromatic heterocycles. The fourth-order valence-corrected chi connectivity index (χ4v) is 2.85. The fourth-order valence-electron chi connectivity index (χ4n) is 2.85. The van der Waals surface area contributed by atoms with E-state index in [2.05, 4.69) is 0 Å². The van der Waals surface area contributed by atoms with Crippen LogP contribution in [0.2, 0.25) is 0 Å². The van der Waals surface area contributed by atoms with E-state index < -0.39 is 29.9 Å². The van der Waals surface area contributed by atoms with Gasteiger partial charge in [-0.25, -0.2) is 4.39 Å². The zero-order chi connectivity index (χ0) is 15.7. The molecule has 1 heterocycles. The van der Waals surface area contributed by atoms with Crippen molar-refractivity contribution in [3.63, 3.8) is 0 Å². The summed E-state index contributed by atoms with van der Waals surface area (Å²) < 4.78 is 43.1. The zero-order valence-electron chi connectivity index (χ0n) is 12.5. The predicted octanol–water partition coefficient (Wildman–Crippen LogP) is 2.45. The fraction of sp³-hybridized carbons (Fsp3) is 0.600. The van der Waals surface area contributed by atoms with Crippen molar-refractivity contribution in [1.82, 2.24) is 0 Å². The Morgan fingerprint density at radius 1 is 1.24 bits per heavy atom. The van der Waals surface area contributed by atoms with Gasteiger partial charge in [0.1, 0.15) is 0 Å². The van der Waals surface area contributed by atoms with Crippen LogP contribution in [0.4, 0.5) is 8.78 Å². The van der Waals surface area contributed by atoms with Crippen LogP contribution in [0.1, 0.15) is 25.3 Å². The molecule has 4 atom stereocenters. The van der Waals surface area contributed by atoms with Gasteiger partial charge in [0.2, 0.25) is 5.82 Å². The van der Waals surface area contributed by atoms with Gasteiger partial charge in [0.15, 0.2) is 17.9 Å². The van der Waals surface area contributed by atoms with Gasteiger partial charge in [-0.3, -0.25) is 0 Å². The van der Waals surface area contributed by atoms with E-state index in [1.165, 1.54) is 20.3 Å². The maximum Gasteiger partial charge on any atom is 0.200 e. The standard InChI is InChI=1S/C15H20F2O4/c1-7(2)12-14(20-4)10(15(18)21-12)8-5-6-9(16)11(17)13(8)19-3/h5-7,10,12,14-15,18H,1-4H3/t10-,12+,14+,15?/m1/s1. The highest BCUT2D eigenvalue weighted by molar-refractivity contribution is 5.40. The molecule has 1 aliphatic rings. The largest absolute Gasteiger partial charge is 0.493 e. The summed E-state index contributed by atoms with van der Waals surface area (Å²) in [5, 5.41) is 10.2. The van der Waals surface area contributed by atoms with Crippen molar-refractivity contribution in [3.8, 4) is 5.75 Å². The van der Waals surface area contributed by atoms with E-state index in [1.807, 2.05) is 13.8 Å². The lowest BCUT2D eigenvalue weighted by atomic mass is 9.88. The number of hydrogen-bond donors (Lipinski definition) is 1. The summed E-state index contributed by atoms with van der Waals surface area (Å²) in [5.41, 5.74) is 0.332. The summed E-state index contributed by atoms with van der Waals surface area (Å²) in [6.07, 6.45) is -1.98. The highest BCUT2D eigenvalue weighted by Gasteiger charge is 2.47. The summed E-state index contributed by atoms with van der Waals surface area (Å²) in [4.78, 5) is 0. The van der Waals surface area contributed by atoms with Crippen LogP contribution in [0.5, 0.6) is 5.75 Å². The highest BCUT2D eigenvalue weighted by atomic mass is 19.2. The van der Waals surface area contributed by atoms with E-state index in [1.54, 1.807) is 0 Å². The molecule has 0 spiro atoms. The molecule has 1 aliphatic heterocycles. The van der Waals surface area contributed by atoms with Crippen LogP contribution in [0.15, 0.2) is 12.1 Å². The van der Waals surface area contributed by atoms with Gasteiger partial charge in [0.05, 0.1) is 25.2 Å². The van der Waals surface area contributed by atoms with Crippen LogP contribution in [-0.2, 0) is 9.47 Å². The molecule has 1 N–H and O–H groups in total. The van der Waals surface area contributed by atoms with Gasteiger partial charge in [-0.2, -0.15) is 4.39 Å². The Hall–Kier alpha value is -1.24. The smallest absolute Gasteiger partial charge is 0.200 e. The van der Waals surface area contributed by atoms with Crippen LogP contribution in [0.3, 0.4) is 0 Å². The van der Waals surface area contributed by atoms with Gasteiger partial charge in [0, 0.05) is 12.7 Å². The Balaban J connectivity index is 2.47. The van der Waals surface area contributed by atoms with Crippen molar-refractivity contribution < 1.29 is 28.1 Å². The van der Waals surface area contributed by atoms with Crippen LogP contribution in [0, 0.1) is 17.6 Å². The maximum absolute atomic E-state index is 13.9. The van der Waals surface area contributed by atoms with Gasteiger partial charge in [-0.1, -0.05) is 19.9 Å². The predicted molar refractivity (Wildman–Crippen MR) is 72.2 cm³/mol. The van der Waals surface area contributed by atoms with E-state index in [4.69, 9.17) is 14.2 Å². The van der Waals surface area contributed by atoms with E-state index in [0.29, 0.717) is 5.56 Å². The molecule has 1 aromatic carbocycles. The Morgan fingerprint density at radius 3 is 2.43 bits per heavy atom. The minimum Gasteiger partial charge on any atom is -0.493 e. The van der Waals surface area contributed by atoms with Gasteiger partial charge in [-0.15, -0.1) is 0 Å². The molecule has 21 heavy (non-hydrogen) atoms. The second-order valence-corrected chi connectivity index (χ2v) is 5.45. The number of methoxy groups -OCH3 is 2. The first-order valence-electron chi connectivity index (χ1n) is 6.80. The molecule has 1 fully saturated rings. The molecule has 1 aromatic rings. The van der Waals surface area contributed by atoms with Crippen molar-refractivity contribution >= 4 is 0 Å². The third-order valence-electron chi connectivity index (χ3n) is 3.85. The number of aliphatic hydroxyl groups is 1. The van der Waals surface area contributed by atoms with Crippen molar-refractivity contribution in [1.29, 1.82) is 0 Å². The lowest BCUT2D eigenvalue weighted by Gasteiger charge is -2.25. The monoisotopic (exact) mass is 302 g/mol. The number of aliphatic hydroxyl groups excluding tert-OH is 1. The van der Waals surface area contributed by atoms with Gasteiger partial charge < -0.3 is 19.3 Å². The molecule has 0 bridgehead atoms. The summed E-state index contributed by atoms with van der Waals surface area (Å²) in [6, 6.07) is 2.40. The van der Waals surface area contributed by atoms with Crippen LogP contribution in [-0.4, -0.2) is 37.8 Å². The topological polar surface area (TPSA) is 47.9 Å². The Bertz CT molecular complexity index is 507. The molecular formula is C15H20F2O4. The molecule has 0 radical (unpaired) electrons. The van der Waals surface area contributed by atoms with Crippen molar-refractivity contribution in [2.24, 2.45) is 5.92 Å². The first kappa shape index (κ1) is 16.1. The van der Waals surface area contributed by atoms with E-state index in [0.717, 1.165) is 6.07 Å². The number of hydrogen-bond acceptors (Lipinski definition) is 4. The van der Waals surface area contributed by atoms with E-state index in [-0.39, 0.29) is 17.8 Å². The second-order valence-electron chi connectivity index (χ2n) is 5.45. The molecule has 1 unspecified atom stereocenters. The Labute approximate surface area is 122 Å². The molecule has 0 saturated carbocycles. The van der Waals surface area contributed by atoms with Crippen molar-refractivity contribution in [2.45, 2.75) is 38.3 Å². The highest BCUT2D eigenvalue weighted by Crippen LogP contribution is 2.43. The summed E-state index contributed by atoms with van der Waals surface area (Å²) in [7, 11) is 2.76. The molecule has 4 nitrogen and oxygen atoms in total. The SMILES string of the molecule is COc1c([C@H]2C(O)O[C@@H](C(C)C)[C@H]2OC)ccc(F)c1F. The summed E-state index contributed by atoms with van der Waals surface area (Å²) in [6.45, 7) is 3.88. The number of benzene rings is 1. The summed E-state index contributed by atoms with van der Waals surface area (Å²) >= 11 is 0. The number of ether oxygens (including phenoxy) is 3. The number of halogens is 2. The maximum atomic E-state index is 13.9. The molecular weight excluding hydrogens is 282 g/mol. The lowest BCUT2D eigenvalue weighted by molar-refractivity contribution is -0.113. The molecule has 6 heteroatoms. The zero-order valence-corrected chi connectivity index (χ0v) is 12.5. The van der Waals surface area contributed by atoms with Gasteiger partial charge in [0.25, 0.3) is 0 Å². The summed E-state index contributed by atoms with van der Waals surface area (Å²) in [5.74, 6) is -2.85. The average molecular weight is 302 g/mol. The average Bonchev–Trinajstić information content (AvgIpc) is 2.78. The lowest BCUT2D eigenvalue weighted by Crippen LogP contribution is -2.32. The number of rotatable bonds is 4. The van der Waals surface area contributed by atoms with Gasteiger partial charge in [-0.05, 0) is 12.0 Å². The molecule has 0 aliphatic carbocycles. The molecule has 0 amide bonds. The van der Waals surface area contributed by atoms with Crippen molar-refractivity contribution in [2.75, 3.05) is 14.2 Å². The minimum atomic E-state index is -1.17. The molecule has 118 valence electrons. The quantitative estimate of drug-likeness (QED) is 0.928. The Kier molecular flexibility index (Phi) is 4.81. The third-order valence-corrected chi connectivity index (χ3v) is 3.85. The normalized spacial score (nSPS) is 29.1. The molecule has 1 saturated heterocycles. The van der Waals surface area contributed by atoms with Crippen LogP contribution >= 0.6 is 0 Å². The third kappa shape index (κ3) is 2.75. The Morgan fingerprint density at radius 2 is 1.90 bits per heavy atom. The van der Waals surface area contributed by atoms with E-state index in [9.17, 15) is 13.9 Å². The minimum absolute atomic E-state index is 0.103. The second kappa shape index (κ2) is 6.25. The van der Waals surface area contributed by atoms with Gasteiger partial charge >= 0.3 is 0 Å².